The number of rotatable bonds is 5. The Morgan fingerprint density at radius 2 is 2.33 bits per heavy atom. The fourth-order valence-corrected chi connectivity index (χ4v) is 1.30. The normalized spacial score (nSPS) is 12.8. The quantitative estimate of drug-likeness (QED) is 0.609. The molecule has 6 heteroatoms. The van der Waals surface area contributed by atoms with Crippen molar-refractivity contribution in [3.8, 4) is 0 Å². The molecule has 0 spiro atoms. The number of hydrogen-bond donors (Lipinski definition) is 1. The highest BCUT2D eigenvalue weighted by molar-refractivity contribution is 7.88. The van der Waals surface area contributed by atoms with Crippen LogP contribution < -0.4 is 4.83 Å². The lowest BCUT2D eigenvalue weighted by atomic mass is 10.2. The zero-order valence-electron chi connectivity index (χ0n) is 8.73. The molecule has 1 N–H and O–H groups in total. The second kappa shape index (κ2) is 4.97. The first kappa shape index (κ1) is 11.8. The number of nitrogens with one attached hydrogen (secondary N) is 1. The summed E-state index contributed by atoms with van der Waals surface area (Å²) in [6, 6.07) is 3.69. The van der Waals surface area contributed by atoms with E-state index in [1.807, 2.05) is 12.1 Å². The lowest BCUT2D eigenvalue weighted by Gasteiger charge is -1.99. The Morgan fingerprint density at radius 3 is 2.87 bits per heavy atom. The highest BCUT2D eigenvalue weighted by atomic mass is 32.2. The van der Waals surface area contributed by atoms with Crippen molar-refractivity contribution in [3.63, 3.8) is 0 Å². The van der Waals surface area contributed by atoms with E-state index in [1.54, 1.807) is 13.2 Å². The van der Waals surface area contributed by atoms with Crippen molar-refractivity contribution < 1.29 is 12.8 Å². The molecule has 0 amide bonds. The van der Waals surface area contributed by atoms with Crippen LogP contribution in [0.25, 0.3) is 0 Å². The maximum Gasteiger partial charge on any atom is 0.244 e. The standard InChI is InChI=1S/C9H14N2O3S/c1-8(10-11-15(2,12)13)5-6-9-4-3-7-14-9/h3-4,7,11H,5-6H2,1-2H3. The van der Waals surface area contributed by atoms with Crippen LogP contribution in [0, 0.1) is 0 Å². The lowest BCUT2D eigenvalue weighted by Crippen LogP contribution is -2.17. The van der Waals surface area contributed by atoms with Gasteiger partial charge in [-0.05, 0) is 25.5 Å². The summed E-state index contributed by atoms with van der Waals surface area (Å²) in [4.78, 5) is 2.08. The first-order valence-corrected chi connectivity index (χ1v) is 6.39. The summed E-state index contributed by atoms with van der Waals surface area (Å²) in [7, 11) is -3.25. The number of hydrogen-bond acceptors (Lipinski definition) is 4. The van der Waals surface area contributed by atoms with Crippen LogP contribution in [-0.4, -0.2) is 20.4 Å². The largest absolute Gasteiger partial charge is 0.469 e. The van der Waals surface area contributed by atoms with Crippen molar-refractivity contribution in [2.45, 2.75) is 19.8 Å². The third-order valence-electron chi connectivity index (χ3n) is 1.72. The molecule has 0 bridgehead atoms. The molecule has 84 valence electrons. The van der Waals surface area contributed by atoms with Crippen molar-refractivity contribution in [2.75, 3.05) is 6.26 Å². The minimum Gasteiger partial charge on any atom is -0.469 e. The first-order valence-electron chi connectivity index (χ1n) is 4.50. The molecule has 0 aliphatic rings. The van der Waals surface area contributed by atoms with E-state index >= 15 is 0 Å². The average Bonchev–Trinajstić information content (AvgIpc) is 2.62. The zero-order valence-corrected chi connectivity index (χ0v) is 9.54. The fraction of sp³-hybridized carbons (Fsp3) is 0.444. The molecule has 0 radical (unpaired) electrons. The molecule has 1 rings (SSSR count). The summed E-state index contributed by atoms with van der Waals surface area (Å²) < 4.78 is 26.6. The molecule has 1 aromatic heterocycles. The van der Waals surface area contributed by atoms with Gasteiger partial charge in [-0.15, -0.1) is 0 Å². The molecule has 0 saturated carbocycles. The summed E-state index contributed by atoms with van der Waals surface area (Å²) in [6.07, 6.45) is 4.05. The highest BCUT2D eigenvalue weighted by Gasteiger charge is 2.00. The Morgan fingerprint density at radius 1 is 1.60 bits per heavy atom. The van der Waals surface area contributed by atoms with Gasteiger partial charge in [0.2, 0.25) is 10.0 Å². The van der Waals surface area contributed by atoms with Gasteiger partial charge in [0, 0.05) is 12.1 Å². The summed E-state index contributed by atoms with van der Waals surface area (Å²) in [6.45, 7) is 1.76. The van der Waals surface area contributed by atoms with Crippen LogP contribution in [0.1, 0.15) is 19.1 Å². The van der Waals surface area contributed by atoms with E-state index in [1.165, 1.54) is 0 Å². The van der Waals surface area contributed by atoms with Gasteiger partial charge in [0.05, 0.1) is 12.5 Å². The van der Waals surface area contributed by atoms with E-state index in [-0.39, 0.29) is 0 Å². The van der Waals surface area contributed by atoms with Crippen LogP contribution in [-0.2, 0) is 16.4 Å². The van der Waals surface area contributed by atoms with Gasteiger partial charge in [-0.3, -0.25) is 0 Å². The van der Waals surface area contributed by atoms with Gasteiger partial charge >= 0.3 is 0 Å². The summed E-state index contributed by atoms with van der Waals surface area (Å²) in [5.41, 5.74) is 0.719. The molecule has 0 atom stereocenters. The fourth-order valence-electron chi connectivity index (χ4n) is 0.976. The van der Waals surface area contributed by atoms with Gasteiger partial charge in [0.1, 0.15) is 5.76 Å². The van der Waals surface area contributed by atoms with E-state index in [2.05, 4.69) is 9.93 Å². The van der Waals surface area contributed by atoms with E-state index in [0.29, 0.717) is 12.8 Å². The number of aryl methyl sites for hydroxylation is 1. The van der Waals surface area contributed by atoms with E-state index in [0.717, 1.165) is 17.7 Å². The Bertz CT molecular complexity index is 420. The van der Waals surface area contributed by atoms with Crippen molar-refractivity contribution in [2.24, 2.45) is 5.10 Å². The van der Waals surface area contributed by atoms with E-state index in [4.69, 9.17) is 4.42 Å². The van der Waals surface area contributed by atoms with Gasteiger partial charge in [0.25, 0.3) is 0 Å². The summed E-state index contributed by atoms with van der Waals surface area (Å²) >= 11 is 0. The molecule has 0 aliphatic carbocycles. The molecule has 15 heavy (non-hydrogen) atoms. The van der Waals surface area contributed by atoms with Gasteiger partial charge in [-0.2, -0.15) is 5.10 Å². The maximum atomic E-state index is 10.7. The molecular weight excluding hydrogens is 216 g/mol. The van der Waals surface area contributed by atoms with Gasteiger partial charge < -0.3 is 4.42 Å². The van der Waals surface area contributed by atoms with Crippen LogP contribution in [0.5, 0.6) is 0 Å². The van der Waals surface area contributed by atoms with Crippen LogP contribution >= 0.6 is 0 Å². The smallest absolute Gasteiger partial charge is 0.244 e. The van der Waals surface area contributed by atoms with Crippen LogP contribution in [0.3, 0.4) is 0 Å². The van der Waals surface area contributed by atoms with Crippen molar-refractivity contribution >= 4 is 15.7 Å². The van der Waals surface area contributed by atoms with E-state index in [9.17, 15) is 8.42 Å². The molecule has 0 aliphatic heterocycles. The Labute approximate surface area is 89.2 Å². The number of furan rings is 1. The number of nitrogens with zero attached hydrogens (tertiary/aromatic N) is 1. The van der Waals surface area contributed by atoms with Gasteiger partial charge in [0.15, 0.2) is 0 Å². The monoisotopic (exact) mass is 230 g/mol. The molecular formula is C9H14N2O3S. The minimum absolute atomic E-state index is 0.663. The lowest BCUT2D eigenvalue weighted by molar-refractivity contribution is 0.511. The highest BCUT2D eigenvalue weighted by Crippen LogP contribution is 2.04. The Hall–Kier alpha value is -1.30. The molecule has 0 fully saturated rings. The Kier molecular flexibility index (Phi) is 3.90. The van der Waals surface area contributed by atoms with Gasteiger partial charge in [-0.25, -0.2) is 13.2 Å². The number of hydrazone groups is 1. The summed E-state index contributed by atoms with van der Waals surface area (Å²) in [5.74, 6) is 0.865. The first-order chi connectivity index (χ1) is 6.97. The average molecular weight is 230 g/mol. The van der Waals surface area contributed by atoms with Crippen molar-refractivity contribution in [3.05, 3.63) is 24.2 Å². The predicted molar refractivity (Wildman–Crippen MR) is 58.1 cm³/mol. The van der Waals surface area contributed by atoms with Crippen molar-refractivity contribution in [1.29, 1.82) is 0 Å². The predicted octanol–water partition coefficient (Wildman–Crippen LogP) is 1.14. The maximum absolute atomic E-state index is 10.7. The topological polar surface area (TPSA) is 71.7 Å². The van der Waals surface area contributed by atoms with Crippen LogP contribution in [0.2, 0.25) is 0 Å². The van der Waals surface area contributed by atoms with Gasteiger partial charge in [-0.1, -0.05) is 0 Å². The number of sulfonamides is 1. The molecule has 0 aromatic carbocycles. The SMILES string of the molecule is CC(CCc1ccco1)=NNS(C)(=O)=O. The second-order valence-corrected chi connectivity index (χ2v) is 5.02. The van der Waals surface area contributed by atoms with E-state index < -0.39 is 10.0 Å². The molecule has 5 nitrogen and oxygen atoms in total. The van der Waals surface area contributed by atoms with Crippen LogP contribution in [0.15, 0.2) is 27.9 Å². The molecule has 1 aromatic rings. The molecule has 1 heterocycles. The Balaban J connectivity index is 2.39. The summed E-state index contributed by atoms with van der Waals surface area (Å²) in [5, 5.41) is 3.73. The third-order valence-corrected chi connectivity index (χ3v) is 2.14. The zero-order chi connectivity index (χ0) is 11.3. The third kappa shape index (κ3) is 5.21. The molecule has 0 unspecified atom stereocenters. The minimum atomic E-state index is -3.25. The molecule has 0 saturated heterocycles. The second-order valence-electron chi connectivity index (χ2n) is 3.29. The van der Waals surface area contributed by atoms with Crippen LogP contribution in [0.4, 0.5) is 0 Å². The van der Waals surface area contributed by atoms with Crippen molar-refractivity contribution in [1.82, 2.24) is 4.83 Å².